The number of aliphatic hydroxyl groups is 1. The Morgan fingerprint density at radius 3 is 2.86 bits per heavy atom. The van der Waals surface area contributed by atoms with E-state index in [1.54, 1.807) is 22.7 Å². The van der Waals surface area contributed by atoms with Gasteiger partial charge in [-0.3, -0.25) is 9.80 Å². The fourth-order valence-electron chi connectivity index (χ4n) is 3.72. The van der Waals surface area contributed by atoms with E-state index in [-0.39, 0.29) is 5.24 Å². The maximum absolute atomic E-state index is 12.5. The second-order valence-electron chi connectivity index (χ2n) is 7.98. The Morgan fingerprint density at radius 2 is 2.09 bits per heavy atom. The van der Waals surface area contributed by atoms with Gasteiger partial charge >= 0.3 is 5.97 Å². The van der Waals surface area contributed by atoms with Gasteiger partial charge in [0.25, 0.3) is 5.24 Å². The maximum Gasteiger partial charge on any atom is 0.345 e. The first-order valence-electron chi connectivity index (χ1n) is 11.2. The number of carbonyl (C=O) groups excluding carboxylic acids is 1. The van der Waals surface area contributed by atoms with Gasteiger partial charge in [-0.15, -0.1) is 22.7 Å². The van der Waals surface area contributed by atoms with E-state index in [1.807, 2.05) is 34.7 Å². The molecule has 182 valence electrons. The topological polar surface area (TPSA) is 94.0 Å². The normalized spacial score (nSPS) is 15.0. The van der Waals surface area contributed by atoms with E-state index in [4.69, 9.17) is 5.11 Å². The summed E-state index contributed by atoms with van der Waals surface area (Å²) in [5.74, 6) is 5.94. The molecule has 4 rings (SSSR count). The van der Waals surface area contributed by atoms with Crippen LogP contribution in [0.5, 0.6) is 0 Å². The highest BCUT2D eigenvalue weighted by Gasteiger charge is 2.27. The number of benzene rings is 1. The predicted octanol–water partition coefficient (Wildman–Crippen LogP) is 4.22. The van der Waals surface area contributed by atoms with Gasteiger partial charge in [0.2, 0.25) is 0 Å². The molecule has 1 aromatic carbocycles. The molecule has 1 atom stereocenters. The number of thioether (sulfide) groups is 1. The molecule has 35 heavy (non-hydrogen) atoms. The number of hydrazine groups is 1. The monoisotopic (exact) mass is 527 g/mol. The molecular weight excluding hydrogens is 502 g/mol. The summed E-state index contributed by atoms with van der Waals surface area (Å²) < 4.78 is 0. The first-order valence-corrected chi connectivity index (χ1v) is 13.9. The molecule has 0 saturated carbocycles. The molecule has 2 N–H and O–H groups in total. The van der Waals surface area contributed by atoms with Crippen LogP contribution in [0.25, 0.3) is 0 Å². The standard InChI is InChI=1S/C25H25N3O4S3/c29-21(15-19-3-1-2-18(14-19)4-5-20-16-33-17-26-20)8-10-27-12-13-34-25(32)28(27)11-9-22-6-7-23(35-22)24(30)31/h1-3,6-7,14,16-17,21,29H,8-13,15H2,(H,30,31). The molecule has 1 unspecified atom stereocenters. The molecule has 1 fully saturated rings. The lowest BCUT2D eigenvalue weighted by molar-refractivity contribution is 0.0148. The molecular formula is C25H25N3O4S3. The lowest BCUT2D eigenvalue weighted by Crippen LogP contribution is -2.51. The average molecular weight is 528 g/mol. The fourth-order valence-corrected chi connectivity index (χ4v) is 5.87. The lowest BCUT2D eigenvalue weighted by Gasteiger charge is -2.38. The molecule has 1 amide bonds. The second kappa shape index (κ2) is 12.3. The first kappa shape index (κ1) is 25.4. The van der Waals surface area contributed by atoms with E-state index in [1.165, 1.54) is 34.4 Å². The number of nitrogens with zero attached hydrogens (tertiary/aromatic N) is 3. The van der Waals surface area contributed by atoms with Crippen LogP contribution in [0.4, 0.5) is 4.79 Å². The zero-order valence-corrected chi connectivity index (χ0v) is 21.4. The number of amides is 1. The highest BCUT2D eigenvalue weighted by Crippen LogP contribution is 2.22. The molecule has 3 aromatic rings. The second-order valence-corrected chi connectivity index (χ2v) is 10.9. The van der Waals surface area contributed by atoms with Crippen molar-refractivity contribution in [3.63, 3.8) is 0 Å². The van der Waals surface area contributed by atoms with Gasteiger partial charge in [0, 0.05) is 47.6 Å². The lowest BCUT2D eigenvalue weighted by atomic mass is 10.0. The summed E-state index contributed by atoms with van der Waals surface area (Å²) in [4.78, 5) is 29.0. The van der Waals surface area contributed by atoms with Crippen LogP contribution in [0.3, 0.4) is 0 Å². The molecule has 1 saturated heterocycles. The molecule has 0 radical (unpaired) electrons. The molecule has 10 heteroatoms. The highest BCUT2D eigenvalue weighted by atomic mass is 32.2. The Labute approximate surface area is 216 Å². The Bertz CT molecular complexity index is 1220. The van der Waals surface area contributed by atoms with Crippen molar-refractivity contribution >= 4 is 45.6 Å². The summed E-state index contributed by atoms with van der Waals surface area (Å²) in [5.41, 5.74) is 4.40. The minimum absolute atomic E-state index is 0.00728. The quantitative estimate of drug-likeness (QED) is 0.402. The van der Waals surface area contributed by atoms with Crippen molar-refractivity contribution in [2.75, 3.05) is 25.4 Å². The Hall–Kier alpha value is -2.68. The first-order chi connectivity index (χ1) is 17.0. The van der Waals surface area contributed by atoms with Crippen LogP contribution in [-0.2, 0) is 12.8 Å². The van der Waals surface area contributed by atoms with Crippen LogP contribution >= 0.6 is 34.4 Å². The molecule has 0 spiro atoms. The number of carboxylic acids is 1. The number of thiophene rings is 1. The summed E-state index contributed by atoms with van der Waals surface area (Å²) in [7, 11) is 0. The van der Waals surface area contributed by atoms with Crippen molar-refractivity contribution in [1.29, 1.82) is 0 Å². The Balaban J connectivity index is 1.30. The number of hydrogen-bond acceptors (Lipinski definition) is 8. The zero-order valence-electron chi connectivity index (χ0n) is 18.9. The molecule has 3 heterocycles. The summed E-state index contributed by atoms with van der Waals surface area (Å²) in [5, 5.41) is 25.4. The van der Waals surface area contributed by atoms with E-state index in [0.29, 0.717) is 43.0 Å². The predicted molar refractivity (Wildman–Crippen MR) is 140 cm³/mol. The van der Waals surface area contributed by atoms with Crippen LogP contribution < -0.4 is 0 Å². The van der Waals surface area contributed by atoms with Crippen molar-refractivity contribution in [3.05, 3.63) is 73.9 Å². The number of carboxylic acid groups (broad SMARTS) is 1. The van der Waals surface area contributed by atoms with Crippen molar-refractivity contribution in [3.8, 4) is 11.8 Å². The third kappa shape index (κ3) is 7.40. The van der Waals surface area contributed by atoms with Crippen LogP contribution in [0, 0.1) is 11.8 Å². The number of aliphatic hydroxyl groups excluding tert-OH is 1. The molecule has 0 aliphatic carbocycles. The molecule has 2 aromatic heterocycles. The van der Waals surface area contributed by atoms with E-state index < -0.39 is 12.1 Å². The molecule has 0 bridgehead atoms. The number of aromatic carboxylic acids is 1. The van der Waals surface area contributed by atoms with Gasteiger partial charge in [-0.05, 0) is 48.6 Å². The van der Waals surface area contributed by atoms with Crippen molar-refractivity contribution in [2.45, 2.75) is 25.4 Å². The minimum atomic E-state index is -0.932. The van der Waals surface area contributed by atoms with E-state index in [9.17, 15) is 14.7 Å². The van der Waals surface area contributed by atoms with Crippen LogP contribution in [-0.4, -0.2) is 67.9 Å². The van der Waals surface area contributed by atoms with E-state index in [0.717, 1.165) is 28.2 Å². The van der Waals surface area contributed by atoms with Gasteiger partial charge in [0.05, 0.1) is 11.6 Å². The zero-order chi connectivity index (χ0) is 24.6. The third-order valence-corrected chi connectivity index (χ3v) is 8.02. The van der Waals surface area contributed by atoms with Crippen molar-refractivity contribution < 1.29 is 19.8 Å². The minimum Gasteiger partial charge on any atom is -0.477 e. The van der Waals surface area contributed by atoms with Gasteiger partial charge in [0.15, 0.2) is 0 Å². The summed E-state index contributed by atoms with van der Waals surface area (Å²) in [6, 6.07) is 11.3. The van der Waals surface area contributed by atoms with Gasteiger partial charge < -0.3 is 10.2 Å². The van der Waals surface area contributed by atoms with E-state index in [2.05, 4.69) is 16.8 Å². The number of aromatic nitrogens is 1. The van der Waals surface area contributed by atoms with Gasteiger partial charge in [-0.2, -0.15) is 0 Å². The van der Waals surface area contributed by atoms with E-state index >= 15 is 0 Å². The summed E-state index contributed by atoms with van der Waals surface area (Å²) >= 11 is 4.04. The number of thiazole rings is 1. The van der Waals surface area contributed by atoms with Gasteiger partial charge in [-0.25, -0.2) is 14.8 Å². The van der Waals surface area contributed by atoms with Gasteiger partial charge in [0.1, 0.15) is 10.6 Å². The van der Waals surface area contributed by atoms with Crippen LogP contribution in [0.1, 0.15) is 37.8 Å². The third-order valence-electron chi connectivity index (χ3n) is 5.46. The van der Waals surface area contributed by atoms with Crippen molar-refractivity contribution in [1.82, 2.24) is 15.0 Å². The number of rotatable bonds is 9. The van der Waals surface area contributed by atoms with Crippen molar-refractivity contribution in [2.24, 2.45) is 0 Å². The Kier molecular flexibility index (Phi) is 8.95. The molecule has 7 nitrogen and oxygen atoms in total. The van der Waals surface area contributed by atoms with Crippen LogP contribution in [0.15, 0.2) is 47.3 Å². The SMILES string of the molecule is O=C(O)c1ccc(CCN2C(=O)SCCN2CCC(O)Cc2cccc(C#Cc3cscn3)c2)s1. The largest absolute Gasteiger partial charge is 0.477 e. The maximum atomic E-state index is 12.5. The molecule has 1 aliphatic heterocycles. The summed E-state index contributed by atoms with van der Waals surface area (Å²) in [6.45, 7) is 1.79. The number of hydrogen-bond donors (Lipinski definition) is 2. The number of carbonyl (C=O) groups is 2. The van der Waals surface area contributed by atoms with Crippen LogP contribution in [0.2, 0.25) is 0 Å². The Morgan fingerprint density at radius 1 is 1.20 bits per heavy atom. The van der Waals surface area contributed by atoms with Gasteiger partial charge in [-0.1, -0.05) is 29.8 Å². The molecule has 1 aliphatic rings. The fraction of sp³-hybridized carbons (Fsp3) is 0.320. The highest BCUT2D eigenvalue weighted by molar-refractivity contribution is 8.13. The average Bonchev–Trinajstić information content (AvgIpc) is 3.53. The summed E-state index contributed by atoms with van der Waals surface area (Å²) in [6.07, 6.45) is 1.10. The smallest absolute Gasteiger partial charge is 0.345 e.